The first kappa shape index (κ1) is 15.1. The molecule has 0 aliphatic carbocycles. The van der Waals surface area contributed by atoms with E-state index in [1.807, 2.05) is 18.2 Å². The maximum absolute atomic E-state index is 14.1. The van der Waals surface area contributed by atoms with E-state index < -0.39 is 5.82 Å². The van der Waals surface area contributed by atoms with Gasteiger partial charge in [0, 0.05) is 29.9 Å². The van der Waals surface area contributed by atoms with Gasteiger partial charge in [0.25, 0.3) is 0 Å². The molecule has 7 heteroatoms. The van der Waals surface area contributed by atoms with Crippen LogP contribution in [0.1, 0.15) is 5.69 Å². The van der Waals surface area contributed by atoms with Crippen LogP contribution in [0.5, 0.6) is 6.01 Å². The minimum atomic E-state index is -0.528. The molecule has 2 aromatic heterocycles. The summed E-state index contributed by atoms with van der Waals surface area (Å²) < 4.78 is 19.8. The van der Waals surface area contributed by atoms with Crippen molar-refractivity contribution in [1.29, 1.82) is 0 Å². The third kappa shape index (κ3) is 3.18. The molecule has 3 aromatic rings. The van der Waals surface area contributed by atoms with Crippen molar-refractivity contribution in [3.63, 3.8) is 0 Å². The Hall–Kier alpha value is -1.79. The minimum absolute atomic E-state index is 0.122. The molecular formula is C15H10BrClFN3O. The lowest BCUT2D eigenvalue weighted by Crippen LogP contribution is -2.05. The average Bonchev–Trinajstić information content (AvgIpc) is 2.54. The molecule has 0 saturated heterocycles. The van der Waals surface area contributed by atoms with Gasteiger partial charge in [-0.3, -0.25) is 4.98 Å². The Balaban J connectivity index is 1.77. The highest BCUT2D eigenvalue weighted by atomic mass is 79.9. The predicted octanol–water partition coefficient (Wildman–Crippen LogP) is 4.20. The summed E-state index contributed by atoms with van der Waals surface area (Å²) >= 11 is 9.00. The first-order valence-electron chi connectivity index (χ1n) is 6.48. The van der Waals surface area contributed by atoms with E-state index in [0.717, 1.165) is 5.69 Å². The maximum atomic E-state index is 14.1. The van der Waals surface area contributed by atoms with Gasteiger partial charge < -0.3 is 4.74 Å². The van der Waals surface area contributed by atoms with Crippen LogP contribution in [0.4, 0.5) is 4.39 Å². The van der Waals surface area contributed by atoms with Crippen LogP contribution in [0.2, 0.25) is 5.02 Å². The van der Waals surface area contributed by atoms with Gasteiger partial charge in [-0.25, -0.2) is 9.37 Å². The molecule has 0 fully saturated rings. The molecule has 0 radical (unpaired) electrons. The van der Waals surface area contributed by atoms with Gasteiger partial charge in [0.05, 0.1) is 16.1 Å². The summed E-state index contributed by atoms with van der Waals surface area (Å²) in [7, 11) is 0. The zero-order chi connectivity index (χ0) is 15.5. The number of fused-ring (bicyclic) bond motifs is 1. The van der Waals surface area contributed by atoms with Gasteiger partial charge in [-0.05, 0) is 34.1 Å². The molecule has 2 heterocycles. The fourth-order valence-corrected chi connectivity index (χ4v) is 2.43. The molecule has 0 unspecified atom stereocenters. The molecule has 0 saturated carbocycles. The molecule has 0 atom stereocenters. The second-order valence-electron chi connectivity index (χ2n) is 4.50. The summed E-state index contributed by atoms with van der Waals surface area (Å²) in [5, 5.41) is 0.792. The summed E-state index contributed by atoms with van der Waals surface area (Å²) in [5.74, 6) is -0.528. The van der Waals surface area contributed by atoms with Gasteiger partial charge >= 0.3 is 6.01 Å². The van der Waals surface area contributed by atoms with Crippen molar-refractivity contribution in [1.82, 2.24) is 15.0 Å². The third-order valence-corrected chi connectivity index (χ3v) is 4.30. The maximum Gasteiger partial charge on any atom is 0.317 e. The van der Waals surface area contributed by atoms with E-state index in [0.29, 0.717) is 18.4 Å². The Morgan fingerprint density at radius 2 is 2.14 bits per heavy atom. The number of rotatable bonds is 4. The normalized spacial score (nSPS) is 10.9. The molecule has 0 aliphatic rings. The van der Waals surface area contributed by atoms with Gasteiger partial charge in [-0.1, -0.05) is 17.7 Å². The van der Waals surface area contributed by atoms with Crippen LogP contribution in [-0.2, 0) is 6.42 Å². The van der Waals surface area contributed by atoms with Crippen molar-refractivity contribution < 1.29 is 9.13 Å². The second kappa shape index (κ2) is 6.54. The Morgan fingerprint density at radius 3 is 2.91 bits per heavy atom. The SMILES string of the molecule is Fc1c(Br)c(Cl)cc2cnc(OCCc3ccccn3)nc12. The molecule has 3 rings (SSSR count). The van der Waals surface area contributed by atoms with Gasteiger partial charge in [0.1, 0.15) is 5.52 Å². The summed E-state index contributed by atoms with van der Waals surface area (Å²) in [6, 6.07) is 7.38. The van der Waals surface area contributed by atoms with Crippen LogP contribution in [0, 0.1) is 5.82 Å². The number of hydrogen-bond donors (Lipinski definition) is 0. The van der Waals surface area contributed by atoms with E-state index in [4.69, 9.17) is 16.3 Å². The summed E-state index contributed by atoms with van der Waals surface area (Å²) in [4.78, 5) is 12.3. The van der Waals surface area contributed by atoms with Gasteiger partial charge in [-0.15, -0.1) is 0 Å². The van der Waals surface area contributed by atoms with Crippen molar-refractivity contribution in [3.05, 3.63) is 57.7 Å². The molecule has 0 amide bonds. The summed E-state index contributed by atoms with van der Waals surface area (Å²) in [6.45, 7) is 0.360. The Labute approximate surface area is 139 Å². The van der Waals surface area contributed by atoms with Gasteiger partial charge in [0.2, 0.25) is 0 Å². The Morgan fingerprint density at radius 1 is 1.27 bits per heavy atom. The van der Waals surface area contributed by atoms with E-state index in [2.05, 4.69) is 30.9 Å². The fourth-order valence-electron chi connectivity index (χ4n) is 1.93. The quantitative estimate of drug-likeness (QED) is 0.635. The molecule has 4 nitrogen and oxygen atoms in total. The minimum Gasteiger partial charge on any atom is -0.463 e. The van der Waals surface area contributed by atoms with Crippen LogP contribution >= 0.6 is 27.5 Å². The van der Waals surface area contributed by atoms with Gasteiger partial charge in [-0.2, -0.15) is 4.98 Å². The predicted molar refractivity (Wildman–Crippen MR) is 85.6 cm³/mol. The number of aromatic nitrogens is 3. The lowest BCUT2D eigenvalue weighted by molar-refractivity contribution is 0.296. The highest BCUT2D eigenvalue weighted by Crippen LogP contribution is 2.31. The smallest absolute Gasteiger partial charge is 0.317 e. The van der Waals surface area contributed by atoms with Crippen molar-refractivity contribution >= 4 is 38.4 Å². The lowest BCUT2D eigenvalue weighted by atomic mass is 10.2. The molecule has 112 valence electrons. The zero-order valence-electron chi connectivity index (χ0n) is 11.3. The molecule has 0 bridgehead atoms. The van der Waals surface area contributed by atoms with Crippen molar-refractivity contribution in [2.24, 2.45) is 0 Å². The summed E-state index contributed by atoms with van der Waals surface area (Å²) in [5.41, 5.74) is 1.07. The monoisotopic (exact) mass is 381 g/mol. The number of hydrogen-bond acceptors (Lipinski definition) is 4. The van der Waals surface area contributed by atoms with Crippen molar-refractivity contribution in [2.45, 2.75) is 6.42 Å². The number of ether oxygens (including phenoxy) is 1. The molecule has 22 heavy (non-hydrogen) atoms. The fraction of sp³-hybridized carbons (Fsp3) is 0.133. The average molecular weight is 383 g/mol. The first-order valence-corrected chi connectivity index (χ1v) is 7.65. The number of pyridine rings is 1. The van der Waals surface area contributed by atoms with Gasteiger partial charge in [0.15, 0.2) is 5.82 Å². The third-order valence-electron chi connectivity index (χ3n) is 3.00. The molecular weight excluding hydrogens is 373 g/mol. The second-order valence-corrected chi connectivity index (χ2v) is 5.70. The standard InChI is InChI=1S/C15H10BrClFN3O/c16-12-11(17)7-9-8-20-15(21-14(9)13(12)18)22-6-4-10-3-1-2-5-19-10/h1-3,5,7-8H,4,6H2. The Bertz CT molecular complexity index is 817. The first-order chi connectivity index (χ1) is 10.6. The molecule has 0 spiro atoms. The van der Waals surface area contributed by atoms with E-state index in [9.17, 15) is 4.39 Å². The molecule has 0 N–H and O–H groups in total. The van der Waals surface area contributed by atoms with E-state index in [1.165, 1.54) is 6.20 Å². The number of benzene rings is 1. The molecule has 0 aliphatic heterocycles. The topological polar surface area (TPSA) is 47.9 Å². The van der Waals surface area contributed by atoms with Crippen LogP contribution < -0.4 is 4.74 Å². The number of halogens is 3. The van der Waals surface area contributed by atoms with E-state index >= 15 is 0 Å². The largest absolute Gasteiger partial charge is 0.463 e. The van der Waals surface area contributed by atoms with E-state index in [1.54, 1.807) is 12.3 Å². The highest BCUT2D eigenvalue weighted by Gasteiger charge is 2.13. The van der Waals surface area contributed by atoms with Crippen LogP contribution in [0.25, 0.3) is 10.9 Å². The Kier molecular flexibility index (Phi) is 4.49. The van der Waals surface area contributed by atoms with E-state index in [-0.39, 0.29) is 21.0 Å². The van der Waals surface area contributed by atoms with Crippen LogP contribution in [0.15, 0.2) is 41.1 Å². The van der Waals surface area contributed by atoms with Crippen molar-refractivity contribution in [2.75, 3.05) is 6.61 Å². The van der Waals surface area contributed by atoms with Crippen LogP contribution in [0.3, 0.4) is 0 Å². The lowest BCUT2D eigenvalue weighted by Gasteiger charge is -2.07. The highest BCUT2D eigenvalue weighted by molar-refractivity contribution is 9.10. The van der Waals surface area contributed by atoms with Crippen molar-refractivity contribution in [3.8, 4) is 6.01 Å². The van der Waals surface area contributed by atoms with Crippen LogP contribution in [-0.4, -0.2) is 21.6 Å². The summed E-state index contributed by atoms with van der Waals surface area (Å²) in [6.07, 6.45) is 3.83. The number of nitrogens with zero attached hydrogens (tertiary/aromatic N) is 3. The molecule has 1 aromatic carbocycles. The zero-order valence-corrected chi connectivity index (χ0v) is 13.6.